The third-order valence-electron chi connectivity index (χ3n) is 3.30. The second kappa shape index (κ2) is 6.07. The van der Waals surface area contributed by atoms with Crippen LogP contribution in [-0.2, 0) is 0 Å². The van der Waals surface area contributed by atoms with Gasteiger partial charge in [-0.05, 0) is 56.4 Å². The first kappa shape index (κ1) is 13.9. The standard InChI is InChI=1S/C14H17BrClNO/c1-9-6-10(8-11(15)7-9)14(18)17-13-4-2-12(16)3-5-13/h6-8,12-13H,2-5H2,1H3,(H,17,18). The molecule has 2 nitrogen and oxygen atoms in total. The molecular weight excluding hydrogens is 314 g/mol. The van der Waals surface area contributed by atoms with Gasteiger partial charge in [0.15, 0.2) is 0 Å². The van der Waals surface area contributed by atoms with Crippen molar-refractivity contribution in [2.45, 2.75) is 44.0 Å². The molecule has 0 aliphatic heterocycles. The molecule has 1 aromatic rings. The molecule has 0 saturated heterocycles. The predicted octanol–water partition coefficient (Wildman–Crippen LogP) is 4.04. The number of amides is 1. The summed E-state index contributed by atoms with van der Waals surface area (Å²) in [7, 11) is 0. The van der Waals surface area contributed by atoms with Gasteiger partial charge in [0.25, 0.3) is 5.91 Å². The van der Waals surface area contributed by atoms with Crippen LogP contribution >= 0.6 is 27.5 Å². The minimum absolute atomic E-state index is 0.0115. The minimum atomic E-state index is 0.0115. The fourth-order valence-corrected chi connectivity index (χ4v) is 3.19. The zero-order valence-electron chi connectivity index (χ0n) is 10.4. The minimum Gasteiger partial charge on any atom is -0.349 e. The number of alkyl halides is 1. The molecule has 18 heavy (non-hydrogen) atoms. The Hall–Kier alpha value is -0.540. The summed E-state index contributed by atoms with van der Waals surface area (Å²) < 4.78 is 0.942. The molecule has 98 valence electrons. The van der Waals surface area contributed by atoms with E-state index in [-0.39, 0.29) is 17.3 Å². The molecule has 1 amide bonds. The van der Waals surface area contributed by atoms with Gasteiger partial charge in [0.2, 0.25) is 0 Å². The SMILES string of the molecule is Cc1cc(Br)cc(C(=O)NC2CCC(Cl)CC2)c1. The number of rotatable bonds is 2. The number of carbonyl (C=O) groups is 1. The number of halogens is 2. The Labute approximate surface area is 121 Å². The highest BCUT2D eigenvalue weighted by Crippen LogP contribution is 2.23. The van der Waals surface area contributed by atoms with Crippen LogP contribution in [0.3, 0.4) is 0 Å². The van der Waals surface area contributed by atoms with Crippen molar-refractivity contribution >= 4 is 33.4 Å². The Morgan fingerprint density at radius 1 is 1.28 bits per heavy atom. The van der Waals surface area contributed by atoms with E-state index >= 15 is 0 Å². The van der Waals surface area contributed by atoms with E-state index in [2.05, 4.69) is 21.2 Å². The molecular formula is C14H17BrClNO. The Kier molecular flexibility index (Phi) is 4.68. The van der Waals surface area contributed by atoms with Gasteiger partial charge in [0.1, 0.15) is 0 Å². The maximum Gasteiger partial charge on any atom is 0.251 e. The number of benzene rings is 1. The van der Waals surface area contributed by atoms with Crippen LogP contribution in [-0.4, -0.2) is 17.3 Å². The summed E-state index contributed by atoms with van der Waals surface area (Å²) in [6.07, 6.45) is 3.94. The van der Waals surface area contributed by atoms with E-state index in [9.17, 15) is 4.79 Å². The van der Waals surface area contributed by atoms with Crippen molar-refractivity contribution in [1.82, 2.24) is 5.32 Å². The lowest BCUT2D eigenvalue weighted by molar-refractivity contribution is 0.0928. The zero-order valence-corrected chi connectivity index (χ0v) is 12.7. The molecule has 0 spiro atoms. The lowest BCUT2D eigenvalue weighted by atomic mass is 9.95. The van der Waals surface area contributed by atoms with Gasteiger partial charge in [-0.1, -0.05) is 15.9 Å². The summed E-state index contributed by atoms with van der Waals surface area (Å²) in [4.78, 5) is 12.1. The van der Waals surface area contributed by atoms with Gasteiger partial charge < -0.3 is 5.32 Å². The Bertz CT molecular complexity index is 421. The van der Waals surface area contributed by atoms with E-state index in [1.165, 1.54) is 0 Å². The van der Waals surface area contributed by atoms with Crippen molar-refractivity contribution in [3.05, 3.63) is 33.8 Å². The molecule has 1 saturated carbocycles. The maximum absolute atomic E-state index is 12.1. The van der Waals surface area contributed by atoms with Gasteiger partial charge in [-0.2, -0.15) is 0 Å². The number of hydrogen-bond donors (Lipinski definition) is 1. The van der Waals surface area contributed by atoms with E-state index in [1.54, 1.807) is 0 Å². The quantitative estimate of drug-likeness (QED) is 0.815. The molecule has 0 atom stereocenters. The number of nitrogens with one attached hydrogen (secondary N) is 1. The molecule has 1 aliphatic rings. The lowest BCUT2D eigenvalue weighted by Crippen LogP contribution is -2.37. The maximum atomic E-state index is 12.1. The average Bonchev–Trinajstić information content (AvgIpc) is 2.31. The molecule has 0 unspecified atom stereocenters. The van der Waals surface area contributed by atoms with E-state index in [1.807, 2.05) is 25.1 Å². The summed E-state index contributed by atoms with van der Waals surface area (Å²) in [5.74, 6) is 0.0115. The van der Waals surface area contributed by atoms with Crippen molar-refractivity contribution in [3.63, 3.8) is 0 Å². The highest BCUT2D eigenvalue weighted by molar-refractivity contribution is 9.10. The highest BCUT2D eigenvalue weighted by Gasteiger charge is 2.21. The van der Waals surface area contributed by atoms with Crippen LogP contribution in [0.25, 0.3) is 0 Å². The fourth-order valence-electron chi connectivity index (χ4n) is 2.33. The van der Waals surface area contributed by atoms with Gasteiger partial charge >= 0.3 is 0 Å². The molecule has 1 fully saturated rings. The van der Waals surface area contributed by atoms with Crippen molar-refractivity contribution in [3.8, 4) is 0 Å². The number of hydrogen-bond acceptors (Lipinski definition) is 1. The third kappa shape index (κ3) is 3.72. The van der Waals surface area contributed by atoms with Crippen molar-refractivity contribution in [2.75, 3.05) is 0 Å². The molecule has 4 heteroatoms. The third-order valence-corrected chi connectivity index (χ3v) is 4.19. The van der Waals surface area contributed by atoms with Crippen LogP contribution in [0.2, 0.25) is 0 Å². The van der Waals surface area contributed by atoms with Gasteiger partial charge in [0, 0.05) is 21.5 Å². The summed E-state index contributed by atoms with van der Waals surface area (Å²) in [6, 6.07) is 6.03. The van der Waals surface area contributed by atoms with Crippen LogP contribution in [0.5, 0.6) is 0 Å². The van der Waals surface area contributed by atoms with Crippen molar-refractivity contribution in [2.24, 2.45) is 0 Å². The van der Waals surface area contributed by atoms with Crippen molar-refractivity contribution in [1.29, 1.82) is 0 Å². The lowest BCUT2D eigenvalue weighted by Gasteiger charge is -2.25. The van der Waals surface area contributed by atoms with E-state index < -0.39 is 0 Å². The summed E-state index contributed by atoms with van der Waals surface area (Å²) in [5, 5.41) is 3.38. The zero-order chi connectivity index (χ0) is 13.1. The van der Waals surface area contributed by atoms with Gasteiger partial charge in [-0.15, -0.1) is 11.6 Å². The molecule has 2 rings (SSSR count). The number of carbonyl (C=O) groups excluding carboxylic acids is 1. The van der Waals surface area contributed by atoms with Crippen LogP contribution in [0.1, 0.15) is 41.6 Å². The summed E-state index contributed by atoms with van der Waals surface area (Å²) >= 11 is 9.48. The van der Waals surface area contributed by atoms with E-state index in [4.69, 9.17) is 11.6 Å². The first-order valence-electron chi connectivity index (χ1n) is 6.27. The molecule has 1 aromatic carbocycles. The molecule has 0 radical (unpaired) electrons. The topological polar surface area (TPSA) is 29.1 Å². The summed E-state index contributed by atoms with van der Waals surface area (Å²) in [5.41, 5.74) is 1.80. The van der Waals surface area contributed by atoms with Crippen LogP contribution < -0.4 is 5.32 Å². The molecule has 0 heterocycles. The molecule has 1 aliphatic carbocycles. The van der Waals surface area contributed by atoms with Crippen LogP contribution in [0, 0.1) is 6.92 Å². The second-order valence-electron chi connectivity index (χ2n) is 4.94. The monoisotopic (exact) mass is 329 g/mol. The van der Waals surface area contributed by atoms with Gasteiger partial charge in [-0.25, -0.2) is 0 Å². The van der Waals surface area contributed by atoms with E-state index in [0.29, 0.717) is 0 Å². The fraction of sp³-hybridized carbons (Fsp3) is 0.500. The normalized spacial score (nSPS) is 23.7. The highest BCUT2D eigenvalue weighted by atomic mass is 79.9. The Morgan fingerprint density at radius 3 is 2.56 bits per heavy atom. The summed E-state index contributed by atoms with van der Waals surface area (Å²) in [6.45, 7) is 1.99. The van der Waals surface area contributed by atoms with Crippen LogP contribution in [0.15, 0.2) is 22.7 Å². The Balaban J connectivity index is 1.99. The first-order chi connectivity index (χ1) is 8.54. The first-order valence-corrected chi connectivity index (χ1v) is 7.49. The average molecular weight is 331 g/mol. The van der Waals surface area contributed by atoms with Crippen molar-refractivity contribution < 1.29 is 4.79 Å². The van der Waals surface area contributed by atoms with Crippen LogP contribution in [0.4, 0.5) is 0 Å². The smallest absolute Gasteiger partial charge is 0.251 e. The van der Waals surface area contributed by atoms with Gasteiger partial charge in [-0.3, -0.25) is 4.79 Å². The largest absolute Gasteiger partial charge is 0.349 e. The Morgan fingerprint density at radius 2 is 1.94 bits per heavy atom. The van der Waals surface area contributed by atoms with Gasteiger partial charge in [0.05, 0.1) is 0 Å². The van der Waals surface area contributed by atoms with E-state index in [0.717, 1.165) is 41.3 Å². The number of aryl methyl sites for hydroxylation is 1. The molecule has 0 bridgehead atoms. The molecule has 1 N–H and O–H groups in total. The second-order valence-corrected chi connectivity index (χ2v) is 6.47. The predicted molar refractivity (Wildman–Crippen MR) is 78.2 cm³/mol. The molecule has 0 aromatic heterocycles.